The van der Waals surface area contributed by atoms with E-state index in [9.17, 15) is 0 Å². The first kappa shape index (κ1) is 19.3. The summed E-state index contributed by atoms with van der Waals surface area (Å²) in [5.41, 5.74) is 0.950. The number of likely N-dealkylation sites (N-methyl/N-ethyl adjacent to an activating group) is 1. The van der Waals surface area contributed by atoms with Gasteiger partial charge in [0.2, 0.25) is 0 Å². The predicted molar refractivity (Wildman–Crippen MR) is 96.6 cm³/mol. The van der Waals surface area contributed by atoms with Crippen molar-refractivity contribution in [3.05, 3.63) is 24.3 Å². The fraction of sp³-hybridized carbons (Fsp3) is 0.588. The molecule has 0 unspecified atom stereocenters. The molecule has 6 heteroatoms. The SMILES string of the molecule is CCN(C)CCNC(=NC)Nc1cccc(OCCCOC)c1. The summed E-state index contributed by atoms with van der Waals surface area (Å²) in [7, 11) is 5.56. The zero-order valence-electron chi connectivity index (χ0n) is 14.8. The molecule has 1 aromatic carbocycles. The van der Waals surface area contributed by atoms with E-state index < -0.39 is 0 Å². The Labute approximate surface area is 139 Å². The third-order valence-corrected chi connectivity index (χ3v) is 3.41. The third-order valence-electron chi connectivity index (χ3n) is 3.41. The monoisotopic (exact) mass is 322 g/mol. The molecule has 0 radical (unpaired) electrons. The van der Waals surface area contributed by atoms with Crippen LogP contribution < -0.4 is 15.4 Å². The maximum Gasteiger partial charge on any atom is 0.195 e. The van der Waals surface area contributed by atoms with Crippen molar-refractivity contribution < 1.29 is 9.47 Å². The van der Waals surface area contributed by atoms with Crippen LogP contribution in [0.3, 0.4) is 0 Å². The van der Waals surface area contributed by atoms with Crippen molar-refractivity contribution in [1.29, 1.82) is 0 Å². The number of hydrogen-bond donors (Lipinski definition) is 2. The summed E-state index contributed by atoms with van der Waals surface area (Å²) in [4.78, 5) is 6.49. The quantitative estimate of drug-likeness (QED) is 0.392. The first-order valence-corrected chi connectivity index (χ1v) is 8.07. The van der Waals surface area contributed by atoms with Crippen LogP contribution in [0.4, 0.5) is 5.69 Å². The smallest absolute Gasteiger partial charge is 0.195 e. The van der Waals surface area contributed by atoms with Crippen LogP contribution in [0, 0.1) is 0 Å². The van der Waals surface area contributed by atoms with E-state index in [-0.39, 0.29) is 0 Å². The molecule has 0 bridgehead atoms. The second-order valence-corrected chi connectivity index (χ2v) is 5.24. The molecule has 2 N–H and O–H groups in total. The van der Waals surface area contributed by atoms with Crippen LogP contribution in [0.25, 0.3) is 0 Å². The summed E-state index contributed by atoms with van der Waals surface area (Å²) in [5, 5.41) is 6.58. The fourth-order valence-electron chi connectivity index (χ4n) is 1.90. The lowest BCUT2D eigenvalue weighted by Crippen LogP contribution is -2.36. The molecular weight excluding hydrogens is 292 g/mol. The van der Waals surface area contributed by atoms with Crippen LogP contribution in [0.2, 0.25) is 0 Å². The molecule has 0 spiro atoms. The number of methoxy groups -OCH3 is 1. The Kier molecular flexibility index (Phi) is 9.83. The molecule has 0 heterocycles. The molecule has 0 amide bonds. The molecule has 1 rings (SSSR count). The molecule has 6 nitrogen and oxygen atoms in total. The van der Waals surface area contributed by atoms with E-state index in [1.54, 1.807) is 14.2 Å². The van der Waals surface area contributed by atoms with E-state index in [0.717, 1.165) is 43.5 Å². The van der Waals surface area contributed by atoms with Gasteiger partial charge in [-0.2, -0.15) is 0 Å². The van der Waals surface area contributed by atoms with Crippen molar-refractivity contribution in [3.63, 3.8) is 0 Å². The molecule has 0 aliphatic heterocycles. The first-order chi connectivity index (χ1) is 11.2. The van der Waals surface area contributed by atoms with Gasteiger partial charge >= 0.3 is 0 Å². The van der Waals surface area contributed by atoms with Gasteiger partial charge in [-0.25, -0.2) is 0 Å². The number of anilines is 1. The molecule has 0 atom stereocenters. The van der Waals surface area contributed by atoms with Crippen molar-refractivity contribution in [3.8, 4) is 5.75 Å². The summed E-state index contributed by atoms with van der Waals surface area (Å²) in [6.07, 6.45) is 0.877. The number of guanidine groups is 1. The highest BCUT2D eigenvalue weighted by atomic mass is 16.5. The Morgan fingerprint density at radius 3 is 2.83 bits per heavy atom. The normalized spacial score (nSPS) is 11.6. The minimum atomic E-state index is 0.646. The Hall–Kier alpha value is -1.79. The molecule has 23 heavy (non-hydrogen) atoms. The molecule has 0 fully saturated rings. The lowest BCUT2D eigenvalue weighted by Gasteiger charge is -2.16. The number of nitrogens with one attached hydrogen (secondary N) is 2. The van der Waals surface area contributed by atoms with E-state index in [1.165, 1.54) is 0 Å². The van der Waals surface area contributed by atoms with E-state index >= 15 is 0 Å². The molecule has 0 aliphatic rings. The first-order valence-electron chi connectivity index (χ1n) is 8.07. The van der Waals surface area contributed by atoms with E-state index in [2.05, 4.69) is 34.5 Å². The van der Waals surface area contributed by atoms with Crippen molar-refractivity contribution in [2.24, 2.45) is 4.99 Å². The topological polar surface area (TPSA) is 58.1 Å². The molecule has 0 saturated heterocycles. The van der Waals surface area contributed by atoms with Crippen molar-refractivity contribution >= 4 is 11.6 Å². The zero-order chi connectivity index (χ0) is 16.9. The summed E-state index contributed by atoms with van der Waals surface area (Å²) in [6, 6.07) is 7.88. The third kappa shape index (κ3) is 8.42. The maximum absolute atomic E-state index is 5.70. The Balaban J connectivity index is 2.44. The minimum Gasteiger partial charge on any atom is -0.493 e. The van der Waals surface area contributed by atoms with Gasteiger partial charge in [0.05, 0.1) is 6.61 Å². The van der Waals surface area contributed by atoms with Crippen molar-refractivity contribution in [2.45, 2.75) is 13.3 Å². The number of ether oxygens (including phenoxy) is 2. The van der Waals surface area contributed by atoms with E-state index in [0.29, 0.717) is 13.2 Å². The highest BCUT2D eigenvalue weighted by Gasteiger charge is 2.02. The van der Waals surface area contributed by atoms with E-state index in [1.807, 2.05) is 24.3 Å². The summed E-state index contributed by atoms with van der Waals surface area (Å²) >= 11 is 0. The van der Waals surface area contributed by atoms with Gasteiger partial charge in [-0.05, 0) is 25.7 Å². The van der Waals surface area contributed by atoms with Crippen LogP contribution in [0.1, 0.15) is 13.3 Å². The highest BCUT2D eigenvalue weighted by Crippen LogP contribution is 2.17. The summed E-state index contributed by atoms with van der Waals surface area (Å²) < 4.78 is 10.7. The van der Waals surface area contributed by atoms with Crippen molar-refractivity contribution in [2.75, 3.05) is 59.4 Å². The van der Waals surface area contributed by atoms with Crippen LogP contribution in [-0.2, 0) is 4.74 Å². The second-order valence-electron chi connectivity index (χ2n) is 5.24. The number of rotatable bonds is 10. The molecule has 1 aromatic rings. The number of aliphatic imine (C=N–C) groups is 1. The average Bonchev–Trinajstić information content (AvgIpc) is 2.58. The molecule has 0 aliphatic carbocycles. The number of hydrogen-bond acceptors (Lipinski definition) is 4. The van der Waals surface area contributed by atoms with Crippen LogP contribution in [-0.4, -0.2) is 64.9 Å². The Morgan fingerprint density at radius 2 is 2.13 bits per heavy atom. The molecule has 0 aromatic heterocycles. The van der Waals surface area contributed by atoms with Gasteiger partial charge in [0.25, 0.3) is 0 Å². The van der Waals surface area contributed by atoms with Gasteiger partial charge in [-0.1, -0.05) is 13.0 Å². The lowest BCUT2D eigenvalue weighted by atomic mass is 10.3. The van der Waals surface area contributed by atoms with Gasteiger partial charge in [0.15, 0.2) is 5.96 Å². The zero-order valence-corrected chi connectivity index (χ0v) is 14.8. The van der Waals surface area contributed by atoms with Crippen LogP contribution in [0.5, 0.6) is 5.75 Å². The lowest BCUT2D eigenvalue weighted by molar-refractivity contribution is 0.172. The van der Waals surface area contributed by atoms with Gasteiger partial charge in [0.1, 0.15) is 5.75 Å². The molecular formula is C17H30N4O2. The highest BCUT2D eigenvalue weighted by molar-refractivity contribution is 5.93. The van der Waals surface area contributed by atoms with Gasteiger partial charge in [-0.3, -0.25) is 4.99 Å². The predicted octanol–water partition coefficient (Wildman–Crippen LogP) is 2.04. The van der Waals surface area contributed by atoms with Gasteiger partial charge < -0.3 is 25.0 Å². The van der Waals surface area contributed by atoms with Gasteiger partial charge in [0, 0.05) is 52.0 Å². The second kappa shape index (κ2) is 11.7. The van der Waals surface area contributed by atoms with Gasteiger partial charge in [-0.15, -0.1) is 0 Å². The Bertz CT molecular complexity index is 466. The van der Waals surface area contributed by atoms with Crippen molar-refractivity contribution in [1.82, 2.24) is 10.2 Å². The molecule has 0 saturated carbocycles. The fourth-order valence-corrected chi connectivity index (χ4v) is 1.90. The standard InChI is InChI=1S/C17H30N4O2/c1-5-21(3)11-10-19-17(18-2)20-15-8-6-9-16(14-15)23-13-7-12-22-4/h6,8-9,14H,5,7,10-13H2,1-4H3,(H2,18,19,20). The van der Waals surface area contributed by atoms with Crippen LogP contribution >= 0.6 is 0 Å². The average molecular weight is 322 g/mol. The Morgan fingerprint density at radius 1 is 1.30 bits per heavy atom. The minimum absolute atomic E-state index is 0.646. The largest absolute Gasteiger partial charge is 0.493 e. The number of nitrogens with zero attached hydrogens (tertiary/aromatic N) is 2. The maximum atomic E-state index is 5.70. The summed E-state index contributed by atoms with van der Waals surface area (Å²) in [6.45, 7) is 6.35. The number of benzene rings is 1. The summed E-state index contributed by atoms with van der Waals surface area (Å²) in [5.74, 6) is 1.60. The van der Waals surface area contributed by atoms with E-state index in [4.69, 9.17) is 9.47 Å². The molecule has 130 valence electrons. The van der Waals surface area contributed by atoms with Crippen LogP contribution in [0.15, 0.2) is 29.3 Å².